The summed E-state index contributed by atoms with van der Waals surface area (Å²) in [4.78, 5) is 0.117. The van der Waals surface area contributed by atoms with Crippen LogP contribution in [0.2, 0.25) is 0 Å². The van der Waals surface area contributed by atoms with E-state index in [1.54, 1.807) is 7.05 Å². The second-order valence-electron chi connectivity index (χ2n) is 5.32. The largest absolute Gasteiger partial charge is 0.381 e. The molecule has 18 heavy (non-hydrogen) atoms. The van der Waals surface area contributed by atoms with Gasteiger partial charge < -0.3 is 5.73 Å². The monoisotopic (exact) mass is 272 g/mol. The average Bonchev–Trinajstić information content (AvgIpc) is 2.57. The molecular weight excluding hydrogens is 252 g/mol. The van der Waals surface area contributed by atoms with Crippen molar-refractivity contribution in [1.29, 1.82) is 0 Å². The molecular formula is C11H20N4O2S. The van der Waals surface area contributed by atoms with Crippen molar-refractivity contribution >= 4 is 15.8 Å². The van der Waals surface area contributed by atoms with E-state index < -0.39 is 10.0 Å². The molecule has 0 spiro atoms. The summed E-state index contributed by atoms with van der Waals surface area (Å²) < 4.78 is 28.0. The molecule has 2 atom stereocenters. The fourth-order valence-corrected chi connectivity index (χ4v) is 4.39. The van der Waals surface area contributed by atoms with Gasteiger partial charge in [-0.3, -0.25) is 4.68 Å². The maximum atomic E-state index is 12.5. The number of piperidine rings is 1. The molecule has 1 aromatic heterocycles. The summed E-state index contributed by atoms with van der Waals surface area (Å²) in [6, 6.07) is 0. The molecule has 1 fully saturated rings. The Morgan fingerprint density at radius 1 is 1.33 bits per heavy atom. The SMILES string of the molecule is CC1CC(C)CN(S(=O)(=O)c2cn(C)nc2N)C1. The summed E-state index contributed by atoms with van der Waals surface area (Å²) in [5.41, 5.74) is 5.67. The van der Waals surface area contributed by atoms with Crippen LogP contribution in [-0.4, -0.2) is 35.6 Å². The quantitative estimate of drug-likeness (QED) is 0.858. The number of nitrogens with two attached hydrogens (primary N) is 1. The Balaban J connectivity index is 2.34. The van der Waals surface area contributed by atoms with Gasteiger partial charge in [-0.25, -0.2) is 8.42 Å². The maximum Gasteiger partial charge on any atom is 0.248 e. The van der Waals surface area contributed by atoms with Gasteiger partial charge in [-0.2, -0.15) is 9.40 Å². The zero-order chi connectivity index (χ0) is 13.5. The molecule has 0 saturated carbocycles. The van der Waals surface area contributed by atoms with Gasteiger partial charge in [0, 0.05) is 26.3 Å². The lowest BCUT2D eigenvalue weighted by Gasteiger charge is -2.33. The third kappa shape index (κ3) is 2.37. The second-order valence-corrected chi connectivity index (χ2v) is 7.23. The van der Waals surface area contributed by atoms with Crippen molar-refractivity contribution in [1.82, 2.24) is 14.1 Å². The van der Waals surface area contributed by atoms with E-state index in [9.17, 15) is 8.42 Å². The van der Waals surface area contributed by atoms with Gasteiger partial charge in [0.2, 0.25) is 10.0 Å². The highest BCUT2D eigenvalue weighted by Gasteiger charge is 2.33. The van der Waals surface area contributed by atoms with Gasteiger partial charge in [-0.15, -0.1) is 0 Å². The Morgan fingerprint density at radius 2 is 1.89 bits per heavy atom. The number of aromatic nitrogens is 2. The first-order chi connectivity index (χ1) is 8.30. The Morgan fingerprint density at radius 3 is 2.33 bits per heavy atom. The fourth-order valence-electron chi connectivity index (χ4n) is 2.62. The molecule has 0 aromatic carbocycles. The lowest BCUT2D eigenvalue weighted by molar-refractivity contribution is 0.222. The zero-order valence-electron chi connectivity index (χ0n) is 11.0. The Labute approximate surface area is 108 Å². The van der Waals surface area contributed by atoms with Crippen LogP contribution in [0.1, 0.15) is 20.3 Å². The highest BCUT2D eigenvalue weighted by Crippen LogP contribution is 2.28. The standard InChI is InChI=1S/C11H20N4O2S/c1-8-4-9(2)6-15(5-8)18(16,17)10-7-14(3)13-11(10)12/h7-9H,4-6H2,1-3H3,(H2,12,13). The van der Waals surface area contributed by atoms with Gasteiger partial charge in [-0.05, 0) is 18.3 Å². The number of anilines is 1. The summed E-state index contributed by atoms with van der Waals surface area (Å²) in [6.07, 6.45) is 2.53. The van der Waals surface area contributed by atoms with Crippen LogP contribution in [0.5, 0.6) is 0 Å². The van der Waals surface area contributed by atoms with Crippen molar-refractivity contribution < 1.29 is 8.42 Å². The van der Waals surface area contributed by atoms with E-state index in [1.807, 2.05) is 0 Å². The molecule has 1 aromatic rings. The number of hydrogen-bond acceptors (Lipinski definition) is 4. The molecule has 1 aliphatic rings. The van der Waals surface area contributed by atoms with Crippen molar-refractivity contribution in [2.75, 3.05) is 18.8 Å². The van der Waals surface area contributed by atoms with Gasteiger partial charge in [0.1, 0.15) is 4.90 Å². The molecule has 7 heteroatoms. The molecule has 2 heterocycles. The molecule has 0 amide bonds. The van der Waals surface area contributed by atoms with E-state index >= 15 is 0 Å². The van der Waals surface area contributed by atoms with Crippen LogP contribution in [0, 0.1) is 11.8 Å². The van der Waals surface area contributed by atoms with E-state index in [1.165, 1.54) is 15.2 Å². The van der Waals surface area contributed by atoms with Crippen LogP contribution >= 0.6 is 0 Å². The third-order valence-electron chi connectivity index (χ3n) is 3.28. The van der Waals surface area contributed by atoms with Gasteiger partial charge in [0.25, 0.3) is 0 Å². The van der Waals surface area contributed by atoms with Crippen LogP contribution in [0.3, 0.4) is 0 Å². The van der Waals surface area contributed by atoms with E-state index in [-0.39, 0.29) is 10.7 Å². The molecule has 2 N–H and O–H groups in total. The first kappa shape index (κ1) is 13.4. The summed E-state index contributed by atoms with van der Waals surface area (Å²) in [5.74, 6) is 0.825. The summed E-state index contributed by atoms with van der Waals surface area (Å²) >= 11 is 0. The minimum Gasteiger partial charge on any atom is -0.381 e. The predicted molar refractivity (Wildman–Crippen MR) is 69.3 cm³/mol. The van der Waals surface area contributed by atoms with Crippen molar-refractivity contribution in [3.8, 4) is 0 Å². The fraction of sp³-hybridized carbons (Fsp3) is 0.727. The van der Waals surface area contributed by atoms with Gasteiger partial charge in [0.05, 0.1) is 0 Å². The Kier molecular flexibility index (Phi) is 3.37. The van der Waals surface area contributed by atoms with Gasteiger partial charge in [-0.1, -0.05) is 13.8 Å². The molecule has 6 nitrogen and oxygen atoms in total. The van der Waals surface area contributed by atoms with Crippen LogP contribution in [0.15, 0.2) is 11.1 Å². The number of nitrogen functional groups attached to an aromatic ring is 1. The molecule has 2 rings (SSSR count). The summed E-state index contributed by atoms with van der Waals surface area (Å²) in [6.45, 7) is 5.26. The number of nitrogens with zero attached hydrogens (tertiary/aromatic N) is 3. The molecule has 0 aliphatic carbocycles. The summed E-state index contributed by atoms with van der Waals surface area (Å²) in [5, 5.41) is 3.90. The maximum absolute atomic E-state index is 12.5. The van der Waals surface area contributed by atoms with Crippen LogP contribution in [0.25, 0.3) is 0 Å². The molecule has 102 valence electrons. The molecule has 2 unspecified atom stereocenters. The normalized spacial score (nSPS) is 26.4. The van der Waals surface area contributed by atoms with Crippen molar-refractivity contribution in [2.24, 2.45) is 18.9 Å². The zero-order valence-corrected chi connectivity index (χ0v) is 11.8. The van der Waals surface area contributed by atoms with Crippen molar-refractivity contribution in [2.45, 2.75) is 25.2 Å². The van der Waals surface area contributed by atoms with Crippen LogP contribution in [-0.2, 0) is 17.1 Å². The molecule has 0 bridgehead atoms. The topological polar surface area (TPSA) is 81.2 Å². The number of hydrogen-bond donors (Lipinski definition) is 1. The first-order valence-corrected chi connectivity index (χ1v) is 7.54. The van der Waals surface area contributed by atoms with Crippen LogP contribution in [0.4, 0.5) is 5.82 Å². The number of rotatable bonds is 2. The number of aryl methyl sites for hydroxylation is 1. The van der Waals surface area contributed by atoms with Crippen LogP contribution < -0.4 is 5.73 Å². The Bertz CT molecular complexity index is 527. The first-order valence-electron chi connectivity index (χ1n) is 6.10. The van der Waals surface area contributed by atoms with E-state index in [0.29, 0.717) is 24.9 Å². The van der Waals surface area contributed by atoms with E-state index in [2.05, 4.69) is 18.9 Å². The molecule has 1 saturated heterocycles. The highest BCUT2D eigenvalue weighted by atomic mass is 32.2. The van der Waals surface area contributed by atoms with Crippen molar-refractivity contribution in [3.63, 3.8) is 0 Å². The summed E-state index contributed by atoms with van der Waals surface area (Å²) in [7, 11) is -1.85. The van der Waals surface area contributed by atoms with Gasteiger partial charge >= 0.3 is 0 Å². The molecule has 0 radical (unpaired) electrons. The van der Waals surface area contributed by atoms with Crippen molar-refractivity contribution in [3.05, 3.63) is 6.20 Å². The van der Waals surface area contributed by atoms with E-state index in [0.717, 1.165) is 6.42 Å². The van der Waals surface area contributed by atoms with E-state index in [4.69, 9.17) is 5.73 Å². The lowest BCUT2D eigenvalue weighted by Crippen LogP contribution is -2.42. The molecule has 1 aliphatic heterocycles. The number of sulfonamides is 1. The third-order valence-corrected chi connectivity index (χ3v) is 5.12. The smallest absolute Gasteiger partial charge is 0.248 e. The Hall–Kier alpha value is -1.08. The second kappa shape index (κ2) is 4.55. The van der Waals surface area contributed by atoms with Gasteiger partial charge in [0.15, 0.2) is 5.82 Å². The minimum absolute atomic E-state index is 0.0726. The minimum atomic E-state index is -3.51. The lowest BCUT2D eigenvalue weighted by atomic mass is 9.94. The highest BCUT2D eigenvalue weighted by molar-refractivity contribution is 7.89. The average molecular weight is 272 g/mol. The predicted octanol–water partition coefficient (Wildman–Crippen LogP) is 0.669.